The molecule has 0 spiro atoms. The maximum atomic E-state index is 11.5. The summed E-state index contributed by atoms with van der Waals surface area (Å²) < 4.78 is 20.8. The number of fused-ring (bicyclic) bond motifs is 1. The van der Waals surface area contributed by atoms with Crippen molar-refractivity contribution in [3.8, 4) is 0 Å². The Kier molecular flexibility index (Phi) is 6.23. The fraction of sp³-hybridized carbons (Fsp3) is 0.556. The quantitative estimate of drug-likeness (QED) is 0.531. The average Bonchev–Trinajstić information content (AvgIpc) is 2.87. The van der Waals surface area contributed by atoms with Crippen molar-refractivity contribution in [1.82, 2.24) is 0 Å². The minimum Gasteiger partial charge on any atom is -0.463 e. The van der Waals surface area contributed by atoms with Crippen LogP contribution in [-0.4, -0.2) is 46.8 Å². The molecule has 27 heavy (non-hydrogen) atoms. The first kappa shape index (κ1) is 20.7. The van der Waals surface area contributed by atoms with Crippen molar-refractivity contribution >= 4 is 46.7 Å². The lowest BCUT2D eigenvalue weighted by molar-refractivity contribution is -0.240. The monoisotopic (exact) mass is 436 g/mol. The normalized spacial score (nSPS) is 34.6. The molecule has 0 amide bonds. The lowest BCUT2D eigenvalue weighted by Gasteiger charge is -2.42. The summed E-state index contributed by atoms with van der Waals surface area (Å²) in [7, 11) is 0. The number of halogens is 3. The number of benzene rings is 1. The van der Waals surface area contributed by atoms with E-state index >= 15 is 0 Å². The Morgan fingerprint density at radius 2 is 1.78 bits per heavy atom. The summed E-state index contributed by atoms with van der Waals surface area (Å²) >= 11 is 20.0. The first-order valence-electron chi connectivity index (χ1n) is 8.40. The minimum atomic E-state index is -1.41. The molecule has 3 rings (SSSR count). The molecule has 6 atom stereocenters. The van der Waals surface area contributed by atoms with Crippen molar-refractivity contribution in [1.29, 1.82) is 0 Å². The van der Waals surface area contributed by atoms with Crippen LogP contribution in [-0.2, 0) is 28.5 Å². The van der Waals surface area contributed by atoms with Gasteiger partial charge in [0.2, 0.25) is 0 Å². The van der Waals surface area contributed by atoms with E-state index in [1.165, 1.54) is 13.8 Å². The highest BCUT2D eigenvalue weighted by Gasteiger charge is 2.64. The zero-order chi connectivity index (χ0) is 19.8. The van der Waals surface area contributed by atoms with Crippen LogP contribution >= 0.6 is 34.8 Å². The fourth-order valence-electron chi connectivity index (χ4n) is 3.40. The SMILES string of the molecule is CC(=O)OC[C@H]1O[C@@H]2O[C@H](c3ccccc3)C(Cl)(Cl)[C@@H]2[C@@H](Cl)[C@@H]1OC(C)=O. The Morgan fingerprint density at radius 1 is 1.11 bits per heavy atom. The van der Waals surface area contributed by atoms with Crippen LogP contribution in [0.2, 0.25) is 0 Å². The van der Waals surface area contributed by atoms with Gasteiger partial charge in [-0.3, -0.25) is 9.59 Å². The van der Waals surface area contributed by atoms with Gasteiger partial charge in [0.25, 0.3) is 0 Å². The van der Waals surface area contributed by atoms with Gasteiger partial charge >= 0.3 is 11.9 Å². The van der Waals surface area contributed by atoms with Gasteiger partial charge in [-0.05, 0) is 5.56 Å². The highest BCUT2D eigenvalue weighted by atomic mass is 35.5. The van der Waals surface area contributed by atoms with Crippen molar-refractivity contribution < 1.29 is 28.5 Å². The number of carbonyl (C=O) groups excluding carboxylic acids is 2. The summed E-state index contributed by atoms with van der Waals surface area (Å²) in [6, 6.07) is 9.22. The maximum Gasteiger partial charge on any atom is 0.303 e. The third-order valence-electron chi connectivity index (χ3n) is 4.54. The number of esters is 2. The molecule has 6 nitrogen and oxygen atoms in total. The van der Waals surface area contributed by atoms with Crippen LogP contribution in [0.1, 0.15) is 25.5 Å². The predicted octanol–water partition coefficient (Wildman–Crippen LogP) is 3.38. The molecule has 2 fully saturated rings. The molecule has 2 aliphatic heterocycles. The van der Waals surface area contributed by atoms with Crippen molar-refractivity contribution in [2.75, 3.05) is 6.61 Å². The van der Waals surface area contributed by atoms with Crippen molar-refractivity contribution in [3.63, 3.8) is 0 Å². The molecular formula is C18H19Cl3O6. The summed E-state index contributed by atoms with van der Waals surface area (Å²) in [5.41, 5.74) is 0.768. The molecule has 2 saturated heterocycles. The summed E-state index contributed by atoms with van der Waals surface area (Å²) in [5.74, 6) is -1.72. The molecule has 0 unspecified atom stereocenters. The van der Waals surface area contributed by atoms with Crippen LogP contribution in [0.25, 0.3) is 0 Å². The maximum absolute atomic E-state index is 11.5. The molecule has 148 valence electrons. The first-order valence-corrected chi connectivity index (χ1v) is 9.59. The van der Waals surface area contributed by atoms with Crippen LogP contribution in [0.4, 0.5) is 0 Å². The van der Waals surface area contributed by atoms with Gasteiger partial charge < -0.3 is 18.9 Å². The van der Waals surface area contributed by atoms with E-state index in [1.54, 1.807) is 0 Å². The highest BCUT2D eigenvalue weighted by Crippen LogP contribution is 2.57. The fourth-order valence-corrected chi connectivity index (χ4v) is 4.89. The summed E-state index contributed by atoms with van der Waals surface area (Å²) in [6.45, 7) is 2.38. The number of hydrogen-bond donors (Lipinski definition) is 0. The van der Waals surface area contributed by atoms with E-state index in [-0.39, 0.29) is 6.61 Å². The zero-order valence-corrected chi connectivity index (χ0v) is 16.9. The topological polar surface area (TPSA) is 71.1 Å². The lowest BCUT2D eigenvalue weighted by atomic mass is 9.89. The second kappa shape index (κ2) is 8.13. The van der Waals surface area contributed by atoms with Crippen LogP contribution in [0.15, 0.2) is 30.3 Å². The number of hydrogen-bond acceptors (Lipinski definition) is 6. The van der Waals surface area contributed by atoms with Gasteiger partial charge in [0, 0.05) is 13.8 Å². The van der Waals surface area contributed by atoms with E-state index in [4.69, 9.17) is 53.8 Å². The largest absolute Gasteiger partial charge is 0.463 e. The van der Waals surface area contributed by atoms with Gasteiger partial charge in [0.1, 0.15) is 24.9 Å². The van der Waals surface area contributed by atoms with E-state index in [0.717, 1.165) is 5.56 Å². The summed E-state index contributed by atoms with van der Waals surface area (Å²) in [6.07, 6.45) is -3.25. The predicted molar refractivity (Wildman–Crippen MR) is 98.7 cm³/mol. The Morgan fingerprint density at radius 3 is 2.37 bits per heavy atom. The van der Waals surface area contributed by atoms with Gasteiger partial charge in [0.15, 0.2) is 10.6 Å². The molecule has 0 saturated carbocycles. The van der Waals surface area contributed by atoms with Crippen LogP contribution in [0, 0.1) is 5.92 Å². The molecule has 0 aromatic heterocycles. The van der Waals surface area contributed by atoms with Crippen molar-refractivity contribution in [2.45, 2.75) is 48.2 Å². The van der Waals surface area contributed by atoms with E-state index in [9.17, 15) is 9.59 Å². The van der Waals surface area contributed by atoms with Crippen LogP contribution < -0.4 is 0 Å². The van der Waals surface area contributed by atoms with E-state index < -0.39 is 52.2 Å². The van der Waals surface area contributed by atoms with Gasteiger partial charge in [-0.1, -0.05) is 53.5 Å². The summed E-state index contributed by atoms with van der Waals surface area (Å²) in [5, 5.41) is -0.808. The average molecular weight is 438 g/mol. The third-order valence-corrected chi connectivity index (χ3v) is 5.97. The molecule has 1 aromatic rings. The lowest BCUT2D eigenvalue weighted by Crippen LogP contribution is -2.57. The van der Waals surface area contributed by atoms with Gasteiger partial charge in [-0.25, -0.2) is 0 Å². The second-order valence-corrected chi connectivity index (χ2v) is 8.44. The standard InChI is InChI=1S/C18H19Cl3O6/c1-9(22)24-8-12-15(25-10(2)23)14(19)13-17(26-12)27-16(18(13,20)21)11-6-4-3-5-7-11/h3-7,12-17H,8H2,1-2H3/t12-,13-,14-,15-,16-,17-/m1/s1. The molecular weight excluding hydrogens is 419 g/mol. The highest BCUT2D eigenvalue weighted by molar-refractivity contribution is 6.49. The molecule has 2 aliphatic rings. The zero-order valence-electron chi connectivity index (χ0n) is 14.6. The Hall–Kier alpha value is -1.05. The molecule has 9 heteroatoms. The Balaban J connectivity index is 1.88. The number of carbonyl (C=O) groups is 2. The second-order valence-electron chi connectivity index (χ2n) is 6.49. The van der Waals surface area contributed by atoms with Crippen molar-refractivity contribution in [2.24, 2.45) is 5.92 Å². The van der Waals surface area contributed by atoms with E-state index in [0.29, 0.717) is 0 Å². The molecule has 0 N–H and O–H groups in total. The van der Waals surface area contributed by atoms with Gasteiger partial charge in [-0.2, -0.15) is 0 Å². The molecule has 1 aromatic carbocycles. The molecule has 0 aliphatic carbocycles. The van der Waals surface area contributed by atoms with E-state index in [1.807, 2.05) is 30.3 Å². The molecule has 0 bridgehead atoms. The van der Waals surface area contributed by atoms with Crippen molar-refractivity contribution in [3.05, 3.63) is 35.9 Å². The van der Waals surface area contributed by atoms with Crippen LogP contribution in [0.3, 0.4) is 0 Å². The van der Waals surface area contributed by atoms with Crippen LogP contribution in [0.5, 0.6) is 0 Å². The number of rotatable bonds is 4. The Bertz CT molecular complexity index is 698. The molecule has 2 heterocycles. The van der Waals surface area contributed by atoms with Gasteiger partial charge in [0.05, 0.1) is 11.3 Å². The molecule has 0 radical (unpaired) electrons. The minimum absolute atomic E-state index is 0.142. The van der Waals surface area contributed by atoms with Gasteiger partial charge in [-0.15, -0.1) is 11.6 Å². The Labute approximate surface area is 171 Å². The number of alkyl halides is 3. The smallest absolute Gasteiger partial charge is 0.303 e. The summed E-state index contributed by atoms with van der Waals surface area (Å²) in [4.78, 5) is 22.7. The first-order chi connectivity index (χ1) is 12.7. The van der Waals surface area contributed by atoms with E-state index in [2.05, 4.69) is 0 Å². The number of ether oxygens (including phenoxy) is 4. The third kappa shape index (κ3) is 4.20.